The third-order valence-electron chi connectivity index (χ3n) is 18.0. The van der Waals surface area contributed by atoms with Gasteiger partial charge in [-0.1, -0.05) is 12.1 Å². The Bertz CT molecular complexity index is 3730. The van der Waals surface area contributed by atoms with E-state index in [0.717, 1.165) is 30.9 Å². The molecule has 4 amide bonds. The number of carbonyl (C=O) groups is 5. The van der Waals surface area contributed by atoms with Gasteiger partial charge in [0.25, 0.3) is 0 Å². The molecule has 10 rings (SSSR count). The van der Waals surface area contributed by atoms with E-state index in [1.165, 1.54) is 61.1 Å². The maximum Gasteiger partial charge on any atom is 0.469 e. The van der Waals surface area contributed by atoms with Crippen molar-refractivity contribution >= 4 is 71.2 Å². The van der Waals surface area contributed by atoms with Gasteiger partial charge in [0, 0.05) is 75.8 Å². The van der Waals surface area contributed by atoms with Crippen molar-refractivity contribution in [3.05, 3.63) is 118 Å². The van der Waals surface area contributed by atoms with Gasteiger partial charge in [0.15, 0.2) is 18.4 Å². The number of hydrogen-bond acceptors (Lipinski definition) is 16. The van der Waals surface area contributed by atoms with Crippen LogP contribution in [0.25, 0.3) is 22.1 Å². The van der Waals surface area contributed by atoms with Crippen molar-refractivity contribution < 1.29 is 88.5 Å². The molecule has 4 fully saturated rings. The van der Waals surface area contributed by atoms with Crippen LogP contribution < -0.4 is 20.4 Å². The van der Waals surface area contributed by atoms with Crippen molar-refractivity contribution in [1.82, 2.24) is 40.0 Å². The number of H-pyrrole nitrogens is 1. The van der Waals surface area contributed by atoms with Crippen LogP contribution >= 0.6 is 7.82 Å². The number of esters is 1. The van der Waals surface area contributed by atoms with Crippen LogP contribution in [0.4, 0.5) is 42.9 Å². The van der Waals surface area contributed by atoms with Crippen molar-refractivity contribution in [3.63, 3.8) is 0 Å². The molecule has 30 heteroatoms. The maximum atomic E-state index is 17.7. The molecule has 0 bridgehead atoms. The Labute approximate surface area is 526 Å². The lowest BCUT2D eigenvalue weighted by Crippen LogP contribution is -2.54. The summed E-state index contributed by atoms with van der Waals surface area (Å²) in [4.78, 5) is 104. The Kier molecular flexibility index (Phi) is 20.7. The summed E-state index contributed by atoms with van der Waals surface area (Å²) in [5.74, 6) is -5.19. The number of aromatic amines is 1. The molecule has 5 N–H and O–H groups in total. The van der Waals surface area contributed by atoms with Crippen LogP contribution in [0.3, 0.4) is 0 Å². The SMILES string of the molecule is COC(=O)N[C@H](C(=O)N1CCC[C@H]1c1nc2cc(F)c([C@H]3CC[C@H](c4cc5nc([C@@H]6CCCN6C(=O)[C@@H](NC(=O)OC)[C@@H](C)OC)n(COC(=O)CCCOP(=O)(O)O)c5cc4F)N3c3cc(F)c(N4CCC(c5ccc(F)cc5)CC4)c(F)c3)cc2[nH]1)[C@@H](C)OC. The van der Waals surface area contributed by atoms with Crippen molar-refractivity contribution in [1.29, 1.82) is 0 Å². The fraction of sp³-hybridized carbons (Fsp3) is 0.500. The Morgan fingerprint density at radius 1 is 0.674 bits per heavy atom. The van der Waals surface area contributed by atoms with Gasteiger partial charge in [-0.2, -0.15) is 0 Å². The molecule has 4 saturated heterocycles. The quantitative estimate of drug-likeness (QED) is 0.0139. The molecule has 4 aliphatic heterocycles. The van der Waals surface area contributed by atoms with E-state index in [2.05, 4.69) is 20.1 Å². The highest BCUT2D eigenvalue weighted by Gasteiger charge is 2.44. The van der Waals surface area contributed by atoms with Gasteiger partial charge in [-0.3, -0.25) is 23.5 Å². The number of benzene rings is 4. The lowest BCUT2D eigenvalue weighted by atomic mass is 9.89. The zero-order valence-electron chi connectivity index (χ0n) is 51.5. The molecule has 4 aliphatic rings. The number of alkyl carbamates (subject to hydrolysis) is 2. The zero-order valence-corrected chi connectivity index (χ0v) is 52.4. The summed E-state index contributed by atoms with van der Waals surface area (Å²) in [5.41, 5.74) is 1.41. The van der Waals surface area contributed by atoms with Gasteiger partial charge >= 0.3 is 26.0 Å². The first kappa shape index (κ1) is 67.0. The predicted molar refractivity (Wildman–Crippen MR) is 322 cm³/mol. The summed E-state index contributed by atoms with van der Waals surface area (Å²) in [6.45, 7) is 3.15. The van der Waals surface area contributed by atoms with Crippen LogP contribution in [0.1, 0.15) is 136 Å². The molecule has 8 atom stereocenters. The third-order valence-corrected chi connectivity index (χ3v) is 18.5. The van der Waals surface area contributed by atoms with E-state index in [-0.39, 0.29) is 102 Å². The summed E-state index contributed by atoms with van der Waals surface area (Å²) >= 11 is 0. The summed E-state index contributed by atoms with van der Waals surface area (Å²) in [6, 6.07) is 7.83. The topological polar surface area (TPSA) is 282 Å². The van der Waals surface area contributed by atoms with Gasteiger partial charge in [0.1, 0.15) is 46.9 Å². The van der Waals surface area contributed by atoms with Crippen molar-refractivity contribution in [2.24, 2.45) is 0 Å². The normalized spacial score (nSPS) is 20.2. The van der Waals surface area contributed by atoms with Gasteiger partial charge in [0.2, 0.25) is 11.8 Å². The minimum absolute atomic E-state index is 0.0132. The number of fused-ring (bicyclic) bond motifs is 2. The highest BCUT2D eigenvalue weighted by molar-refractivity contribution is 7.46. The number of amides is 4. The zero-order chi connectivity index (χ0) is 65.9. The fourth-order valence-electron chi connectivity index (χ4n) is 13.2. The first-order valence-corrected chi connectivity index (χ1v) is 31.9. The molecule has 6 heterocycles. The Morgan fingerprint density at radius 3 is 1.82 bits per heavy atom. The number of hydrogen-bond donors (Lipinski definition) is 5. The predicted octanol–water partition coefficient (Wildman–Crippen LogP) is 9.31. The molecule has 0 unspecified atom stereocenters. The monoisotopic (exact) mass is 1310 g/mol. The molecule has 0 saturated carbocycles. The number of phosphoric ester groups is 1. The van der Waals surface area contributed by atoms with E-state index < -0.39 is 123 Å². The highest BCUT2D eigenvalue weighted by atomic mass is 31.2. The van der Waals surface area contributed by atoms with Gasteiger partial charge in [0.05, 0.1) is 79.3 Å². The molecule has 6 aromatic rings. The Hall–Kier alpha value is -7.95. The maximum absolute atomic E-state index is 17.7. The molecule has 0 aliphatic carbocycles. The number of nitrogens with one attached hydrogen (secondary N) is 3. The van der Waals surface area contributed by atoms with Crippen LogP contribution in [-0.4, -0.2) is 155 Å². The molecular formula is C62H74F5N10O14P. The number of carbonyl (C=O) groups excluding carboxylic acids is 5. The lowest BCUT2D eigenvalue weighted by Gasteiger charge is -2.36. The standard InChI is InChI=1S/C62H74F5N10O14P/c1-33(86-3)54(71-61(81)88-5)59(79)74-21-7-10-50(74)57-68-45-28-39(41(64)30-46(45)69-57)48-17-18-49(77(48)38-26-43(66)56(44(67)27-38)73-23-19-36(20-24-73)35-13-15-37(63)16-14-35)40-29-47-52(31-42(40)65)76(32-90-53(78)12-9-25-91-92(83,84)85)58(70-47)51-11-8-22-75(51)60(80)55(34(2)87-4)72-62(82)89-6/h13-16,26-31,33-34,36,48-51,54-55H,7-12,17-25,32H2,1-6H3,(H,68,69)(H,71,81)(H,72,82)(H2,83,84,85)/t33-,34-,48-,49-,50+,51+,54+,55+/m1/s1. The van der Waals surface area contributed by atoms with Gasteiger partial charge in [-0.15, -0.1) is 0 Å². The molecular weight excluding hydrogens is 1230 g/mol. The Morgan fingerprint density at radius 2 is 1.24 bits per heavy atom. The molecule has 496 valence electrons. The number of imidazole rings is 2. The van der Waals surface area contributed by atoms with Crippen molar-refractivity contribution in [2.45, 2.75) is 139 Å². The van der Waals surface area contributed by atoms with Crippen LogP contribution in [0, 0.1) is 29.1 Å². The molecule has 2 aromatic heterocycles. The summed E-state index contributed by atoms with van der Waals surface area (Å²) in [7, 11) is 0.230. The second kappa shape index (κ2) is 28.5. The number of ether oxygens (including phenoxy) is 5. The third kappa shape index (κ3) is 14.3. The molecule has 4 aromatic carbocycles. The number of nitrogens with zero attached hydrogens (tertiary/aromatic N) is 7. The van der Waals surface area contributed by atoms with Crippen LogP contribution in [0.15, 0.2) is 60.7 Å². The van der Waals surface area contributed by atoms with E-state index in [1.54, 1.807) is 40.7 Å². The first-order chi connectivity index (χ1) is 44.0. The Balaban J connectivity index is 1.03. The molecule has 0 spiro atoms. The number of methoxy groups -OCH3 is 4. The smallest absolute Gasteiger partial charge is 0.453 e. The number of anilines is 2. The van der Waals surface area contributed by atoms with Crippen molar-refractivity contribution in [2.75, 3.05) is 71.0 Å². The fourth-order valence-corrected chi connectivity index (χ4v) is 13.6. The second-order valence-corrected chi connectivity index (χ2v) is 24.7. The molecule has 0 radical (unpaired) electrons. The van der Waals surface area contributed by atoms with E-state index in [4.69, 9.17) is 43.4 Å². The number of piperidine rings is 1. The average Bonchev–Trinajstić information content (AvgIpc) is 1.57. The van der Waals surface area contributed by atoms with Crippen LogP contribution in [-0.2, 0) is 53.9 Å². The van der Waals surface area contributed by atoms with Gasteiger partial charge in [-0.25, -0.2) is 46.1 Å². The van der Waals surface area contributed by atoms with E-state index >= 15 is 17.6 Å². The van der Waals surface area contributed by atoms with E-state index in [1.807, 2.05) is 0 Å². The van der Waals surface area contributed by atoms with Crippen LogP contribution in [0.2, 0.25) is 0 Å². The highest BCUT2D eigenvalue weighted by Crippen LogP contribution is 2.51. The largest absolute Gasteiger partial charge is 0.469 e. The number of rotatable bonds is 22. The number of halogens is 5. The first-order valence-electron chi connectivity index (χ1n) is 30.4. The number of likely N-dealkylation sites (tertiary alicyclic amines) is 2. The van der Waals surface area contributed by atoms with Gasteiger partial charge in [-0.05, 0) is 120 Å². The molecule has 24 nitrogen and oxygen atoms in total. The van der Waals surface area contributed by atoms with E-state index in [0.29, 0.717) is 56.4 Å². The van der Waals surface area contributed by atoms with E-state index in [9.17, 15) is 32.9 Å². The molecule has 92 heavy (non-hydrogen) atoms. The number of phosphoric acid groups is 1. The summed E-state index contributed by atoms with van der Waals surface area (Å²) < 4.78 is 126. The second-order valence-electron chi connectivity index (χ2n) is 23.4. The van der Waals surface area contributed by atoms with Gasteiger partial charge < -0.3 is 68.7 Å². The van der Waals surface area contributed by atoms with Crippen molar-refractivity contribution in [3.8, 4) is 0 Å². The average molecular weight is 1310 g/mol. The minimum atomic E-state index is -4.84. The summed E-state index contributed by atoms with van der Waals surface area (Å²) in [5, 5.41) is 5.09. The minimum Gasteiger partial charge on any atom is -0.453 e. The lowest BCUT2D eigenvalue weighted by molar-refractivity contribution is -0.148. The van der Waals surface area contributed by atoms with Crippen LogP contribution in [0.5, 0.6) is 0 Å². The summed E-state index contributed by atoms with van der Waals surface area (Å²) in [6.07, 6.45) is -0.824. The number of aromatic nitrogens is 4.